The summed E-state index contributed by atoms with van der Waals surface area (Å²) in [5, 5.41) is 6.65. The lowest BCUT2D eigenvalue weighted by Gasteiger charge is -2.32. The van der Waals surface area contributed by atoms with Gasteiger partial charge in [-0.25, -0.2) is 18.2 Å². The first kappa shape index (κ1) is 22.0. The second-order valence-corrected chi connectivity index (χ2v) is 8.73. The molecule has 1 aliphatic rings. The van der Waals surface area contributed by atoms with E-state index in [4.69, 9.17) is 4.74 Å². The van der Waals surface area contributed by atoms with E-state index in [1.54, 1.807) is 36.1 Å². The topological polar surface area (TPSA) is 100 Å². The Kier molecular flexibility index (Phi) is 8.10. The molecule has 1 aromatic rings. The van der Waals surface area contributed by atoms with Crippen molar-refractivity contribution in [2.45, 2.75) is 44.2 Å². The van der Waals surface area contributed by atoms with Gasteiger partial charge in [0.05, 0.1) is 18.0 Å². The number of piperidine rings is 1. The van der Waals surface area contributed by atoms with Gasteiger partial charge in [0.15, 0.2) is 15.8 Å². The van der Waals surface area contributed by atoms with E-state index in [2.05, 4.69) is 15.6 Å². The summed E-state index contributed by atoms with van der Waals surface area (Å²) in [6.45, 7) is 6.69. The van der Waals surface area contributed by atoms with Crippen molar-refractivity contribution in [2.75, 3.05) is 32.5 Å². The lowest BCUT2D eigenvalue weighted by atomic mass is 10.1. The zero-order valence-electron chi connectivity index (χ0n) is 16.8. The van der Waals surface area contributed by atoms with Crippen LogP contribution in [0.15, 0.2) is 34.2 Å². The standard InChI is InChI=1S/C19H30N4O4S/c1-4-20-18(21-14-15-6-8-17(9-7-15)28(3,25)26)22-16-10-12-23(13-11-16)19(24)27-5-2/h6-9,16H,4-5,10-14H2,1-3H3,(H2,20,21,22). The summed E-state index contributed by atoms with van der Waals surface area (Å²) in [7, 11) is -3.19. The molecule has 9 heteroatoms. The molecule has 1 heterocycles. The molecule has 2 N–H and O–H groups in total. The lowest BCUT2D eigenvalue weighted by Crippen LogP contribution is -2.49. The molecule has 0 saturated carbocycles. The molecule has 1 saturated heterocycles. The van der Waals surface area contributed by atoms with Crippen LogP contribution < -0.4 is 10.6 Å². The number of hydrogen-bond acceptors (Lipinski definition) is 5. The van der Waals surface area contributed by atoms with Crippen molar-refractivity contribution in [3.63, 3.8) is 0 Å². The number of likely N-dealkylation sites (tertiary alicyclic amines) is 1. The molecule has 0 spiro atoms. The number of benzene rings is 1. The van der Waals surface area contributed by atoms with Gasteiger partial charge < -0.3 is 20.3 Å². The Hall–Kier alpha value is -2.29. The van der Waals surface area contributed by atoms with Gasteiger partial charge in [-0.2, -0.15) is 0 Å². The van der Waals surface area contributed by atoms with Crippen molar-refractivity contribution in [1.82, 2.24) is 15.5 Å². The van der Waals surface area contributed by atoms with Crippen LogP contribution in [0, 0.1) is 0 Å². The normalized spacial score (nSPS) is 16.0. The number of carbonyl (C=O) groups is 1. The van der Waals surface area contributed by atoms with Crippen molar-refractivity contribution in [3.05, 3.63) is 29.8 Å². The largest absolute Gasteiger partial charge is 0.450 e. The van der Waals surface area contributed by atoms with Crippen LogP contribution in [0.25, 0.3) is 0 Å². The number of sulfone groups is 1. The molecule has 28 heavy (non-hydrogen) atoms. The van der Waals surface area contributed by atoms with Gasteiger partial charge in [0.2, 0.25) is 0 Å². The molecule has 0 aromatic heterocycles. The zero-order valence-corrected chi connectivity index (χ0v) is 17.6. The highest BCUT2D eigenvalue weighted by Crippen LogP contribution is 2.13. The monoisotopic (exact) mass is 410 g/mol. The van der Waals surface area contributed by atoms with E-state index in [1.165, 1.54) is 6.26 Å². The first-order valence-electron chi connectivity index (χ1n) is 9.59. The molecule has 0 unspecified atom stereocenters. The summed E-state index contributed by atoms with van der Waals surface area (Å²) < 4.78 is 28.1. The average Bonchev–Trinajstić information content (AvgIpc) is 2.66. The fourth-order valence-electron chi connectivity index (χ4n) is 2.95. The third kappa shape index (κ3) is 6.70. The van der Waals surface area contributed by atoms with Crippen LogP contribution in [0.3, 0.4) is 0 Å². The summed E-state index contributed by atoms with van der Waals surface area (Å²) in [5.74, 6) is 0.712. The maximum Gasteiger partial charge on any atom is 0.409 e. The van der Waals surface area contributed by atoms with E-state index in [9.17, 15) is 13.2 Å². The van der Waals surface area contributed by atoms with Crippen LogP contribution in [-0.4, -0.2) is 63.9 Å². The molecule has 156 valence electrons. The number of ether oxygens (including phenoxy) is 1. The minimum Gasteiger partial charge on any atom is -0.450 e. The number of nitrogens with zero attached hydrogens (tertiary/aromatic N) is 2. The van der Waals surface area contributed by atoms with E-state index in [0.29, 0.717) is 37.1 Å². The number of amides is 1. The summed E-state index contributed by atoms with van der Waals surface area (Å²) in [4.78, 5) is 18.4. The van der Waals surface area contributed by atoms with Gasteiger partial charge in [-0.3, -0.25) is 0 Å². The predicted molar refractivity (Wildman–Crippen MR) is 109 cm³/mol. The molecule has 0 radical (unpaired) electrons. The van der Waals surface area contributed by atoms with Crippen LogP contribution in [0.1, 0.15) is 32.3 Å². The average molecular weight is 411 g/mol. The SMILES string of the molecule is CCNC(=NCc1ccc(S(C)(=O)=O)cc1)NC1CCN(C(=O)OCC)CC1. The van der Waals surface area contributed by atoms with Gasteiger partial charge in [-0.05, 0) is 44.4 Å². The number of guanidine groups is 1. The van der Waals surface area contributed by atoms with E-state index in [-0.39, 0.29) is 12.1 Å². The Morgan fingerprint density at radius 2 is 1.86 bits per heavy atom. The van der Waals surface area contributed by atoms with Gasteiger partial charge in [0.1, 0.15) is 0 Å². The molecule has 0 bridgehead atoms. The molecule has 0 atom stereocenters. The van der Waals surface area contributed by atoms with Gasteiger partial charge in [-0.1, -0.05) is 12.1 Å². The van der Waals surface area contributed by atoms with Gasteiger partial charge in [0, 0.05) is 31.9 Å². The Morgan fingerprint density at radius 3 is 2.39 bits per heavy atom. The Labute approximate surface area is 167 Å². The molecule has 1 aliphatic heterocycles. The maximum absolute atomic E-state index is 11.8. The van der Waals surface area contributed by atoms with Crippen LogP contribution in [-0.2, 0) is 21.1 Å². The van der Waals surface area contributed by atoms with Crippen LogP contribution in [0.5, 0.6) is 0 Å². The Balaban J connectivity index is 1.91. The minimum atomic E-state index is -3.19. The van der Waals surface area contributed by atoms with Crippen molar-refractivity contribution in [2.24, 2.45) is 4.99 Å². The first-order valence-corrected chi connectivity index (χ1v) is 11.5. The molecule has 8 nitrogen and oxygen atoms in total. The van der Waals surface area contributed by atoms with Crippen LogP contribution in [0.4, 0.5) is 4.79 Å². The highest BCUT2D eigenvalue weighted by Gasteiger charge is 2.24. The van der Waals surface area contributed by atoms with Crippen molar-refractivity contribution in [3.8, 4) is 0 Å². The fourth-order valence-corrected chi connectivity index (χ4v) is 3.58. The molecule has 1 aromatic carbocycles. The molecular formula is C19H30N4O4S. The number of carbonyl (C=O) groups excluding carboxylic acids is 1. The molecule has 1 fully saturated rings. The quantitative estimate of drug-likeness (QED) is 0.548. The molecular weight excluding hydrogens is 380 g/mol. The zero-order chi connectivity index (χ0) is 20.6. The predicted octanol–water partition coefficient (Wildman–Crippen LogP) is 1.77. The van der Waals surface area contributed by atoms with E-state index in [0.717, 1.165) is 24.9 Å². The second-order valence-electron chi connectivity index (χ2n) is 6.72. The third-order valence-corrected chi connectivity index (χ3v) is 5.61. The first-order chi connectivity index (χ1) is 13.3. The van der Waals surface area contributed by atoms with E-state index in [1.807, 2.05) is 6.92 Å². The Morgan fingerprint density at radius 1 is 1.21 bits per heavy atom. The van der Waals surface area contributed by atoms with Crippen LogP contribution >= 0.6 is 0 Å². The highest BCUT2D eigenvalue weighted by molar-refractivity contribution is 7.90. The number of rotatable bonds is 6. The van der Waals surface area contributed by atoms with Crippen molar-refractivity contribution < 1.29 is 17.9 Å². The summed E-state index contributed by atoms with van der Waals surface area (Å²) in [5.41, 5.74) is 0.932. The van der Waals surface area contributed by atoms with E-state index >= 15 is 0 Å². The van der Waals surface area contributed by atoms with Crippen LogP contribution in [0.2, 0.25) is 0 Å². The van der Waals surface area contributed by atoms with Crippen molar-refractivity contribution in [1.29, 1.82) is 0 Å². The van der Waals surface area contributed by atoms with Gasteiger partial charge in [-0.15, -0.1) is 0 Å². The molecule has 2 rings (SSSR count). The third-order valence-electron chi connectivity index (χ3n) is 4.48. The van der Waals surface area contributed by atoms with Gasteiger partial charge >= 0.3 is 6.09 Å². The summed E-state index contributed by atoms with van der Waals surface area (Å²) in [6, 6.07) is 7.00. The van der Waals surface area contributed by atoms with Gasteiger partial charge in [0.25, 0.3) is 0 Å². The smallest absolute Gasteiger partial charge is 0.409 e. The lowest BCUT2D eigenvalue weighted by molar-refractivity contribution is 0.0963. The van der Waals surface area contributed by atoms with Crippen molar-refractivity contribution >= 4 is 21.9 Å². The minimum absolute atomic E-state index is 0.232. The summed E-state index contributed by atoms with van der Waals surface area (Å²) >= 11 is 0. The number of nitrogens with one attached hydrogen (secondary N) is 2. The summed E-state index contributed by atoms with van der Waals surface area (Å²) in [6.07, 6.45) is 2.60. The number of aliphatic imine (C=N–C) groups is 1. The fraction of sp³-hybridized carbons (Fsp3) is 0.579. The highest BCUT2D eigenvalue weighted by atomic mass is 32.2. The maximum atomic E-state index is 11.8. The molecule has 0 aliphatic carbocycles. The van der Waals surface area contributed by atoms with E-state index < -0.39 is 9.84 Å². The second kappa shape index (κ2) is 10.3. The molecule has 1 amide bonds. The number of hydrogen-bond donors (Lipinski definition) is 2. The Bertz CT molecular complexity index is 770.